The van der Waals surface area contributed by atoms with Gasteiger partial charge in [-0.25, -0.2) is 4.79 Å². The van der Waals surface area contributed by atoms with Crippen LogP contribution in [-0.2, 0) is 4.74 Å². The fourth-order valence-corrected chi connectivity index (χ4v) is 11.5. The van der Waals surface area contributed by atoms with Crippen molar-refractivity contribution >= 4 is 52.9 Å². The molecule has 9 nitrogen and oxygen atoms in total. The molecular weight excluding hydrogens is 804 g/mol. The van der Waals surface area contributed by atoms with Crippen LogP contribution in [0.2, 0.25) is 0 Å². The van der Waals surface area contributed by atoms with Gasteiger partial charge in [-0.3, -0.25) is 9.59 Å². The number of likely N-dealkylation sites (N-methyl/N-ethyl adjacent to an activating group) is 1. The number of allylic oxidation sites excluding steroid dienone is 1. The van der Waals surface area contributed by atoms with Crippen LogP contribution in [0.25, 0.3) is 5.57 Å². The molecule has 1 N–H and O–H groups in total. The standard InChI is InChI=1S/C53H55N4O5P/c1-6-54(7-2)38-25-28-44-47(35-38)62-48-36-39(55(8-3)9-4)26-29-45(48)50(44)42-22-16-17-23-43(42)52(59)57-32-30-56(31-33-57)51(58)37-24-27-46(53(60)61-5)49(34-37)63(40-18-12-10-13-19-40)41-20-14-11-15-21-41/h10-29,34-36,38H,6-9,30-33H2,1-5H3/p+1. The molecule has 5 aromatic rings. The summed E-state index contributed by atoms with van der Waals surface area (Å²) in [5.74, 6) is 0.941. The van der Waals surface area contributed by atoms with Crippen LogP contribution in [-0.4, -0.2) is 93.1 Å². The highest BCUT2D eigenvalue weighted by Gasteiger charge is 2.34. The molecule has 322 valence electrons. The summed E-state index contributed by atoms with van der Waals surface area (Å²) in [5, 5.41) is 2.88. The minimum atomic E-state index is -1.20. The molecule has 3 aliphatic rings. The molecule has 5 aromatic carbocycles. The van der Waals surface area contributed by atoms with E-state index in [-0.39, 0.29) is 17.9 Å². The molecule has 0 spiro atoms. The number of rotatable bonds is 13. The Bertz CT molecular complexity index is 2530. The van der Waals surface area contributed by atoms with Crippen LogP contribution in [0.1, 0.15) is 69.9 Å². The third-order valence-corrected chi connectivity index (χ3v) is 15.0. The lowest BCUT2D eigenvalue weighted by Gasteiger charge is -2.36. The summed E-state index contributed by atoms with van der Waals surface area (Å²) in [4.78, 5) is 49.7. The SMILES string of the molecule is CCN(CC)c1ccc2c(c1)OC1=CC([NH+](CC)CC)C=CC1=C2c1ccccc1C(=O)N1CCN(C(=O)c2ccc(C(=O)OC)c(P(c3ccccc3)c3ccccc3)c2)CC1. The fraction of sp³-hybridized carbons (Fsp3) is 0.264. The van der Waals surface area contributed by atoms with Crippen LogP contribution >= 0.6 is 7.92 Å². The highest BCUT2D eigenvalue weighted by Crippen LogP contribution is 2.45. The predicted octanol–water partition coefficient (Wildman–Crippen LogP) is 6.62. The Hall–Kier alpha value is -6.28. The summed E-state index contributed by atoms with van der Waals surface area (Å²) in [5.41, 5.74) is 6.39. The van der Waals surface area contributed by atoms with Crippen LogP contribution in [0.4, 0.5) is 5.69 Å². The van der Waals surface area contributed by atoms with E-state index in [1.54, 1.807) is 12.1 Å². The maximum absolute atomic E-state index is 14.7. The van der Waals surface area contributed by atoms with Gasteiger partial charge in [-0.15, -0.1) is 0 Å². The van der Waals surface area contributed by atoms with Crippen molar-refractivity contribution in [2.75, 3.05) is 64.4 Å². The molecule has 2 amide bonds. The van der Waals surface area contributed by atoms with Crippen molar-refractivity contribution in [1.82, 2.24) is 9.80 Å². The molecule has 1 fully saturated rings. The number of ether oxygens (including phenoxy) is 2. The summed E-state index contributed by atoms with van der Waals surface area (Å²) in [7, 11) is 0.184. The number of amides is 2. The van der Waals surface area contributed by atoms with Crippen LogP contribution in [0.15, 0.2) is 151 Å². The van der Waals surface area contributed by atoms with E-state index in [1.165, 1.54) is 12.0 Å². The van der Waals surface area contributed by atoms with Crippen molar-refractivity contribution in [2.45, 2.75) is 33.7 Å². The zero-order valence-corrected chi connectivity index (χ0v) is 37.7. The number of methoxy groups -OCH3 is 1. The first-order valence-electron chi connectivity index (χ1n) is 22.1. The Balaban J connectivity index is 1.08. The minimum Gasteiger partial charge on any atom is -0.465 e. The van der Waals surface area contributed by atoms with Gasteiger partial charge < -0.3 is 29.1 Å². The summed E-state index contributed by atoms with van der Waals surface area (Å²) in [6.07, 6.45) is 6.68. The molecule has 2 heterocycles. The molecule has 0 radical (unpaired) electrons. The number of esters is 1. The van der Waals surface area contributed by atoms with Crippen molar-refractivity contribution in [3.05, 3.63) is 179 Å². The van der Waals surface area contributed by atoms with E-state index < -0.39 is 13.9 Å². The van der Waals surface area contributed by atoms with E-state index in [4.69, 9.17) is 9.47 Å². The number of hydrogen-bond acceptors (Lipinski definition) is 6. The lowest BCUT2D eigenvalue weighted by molar-refractivity contribution is -0.908. The molecule has 0 aromatic heterocycles. The van der Waals surface area contributed by atoms with E-state index in [1.807, 2.05) is 76.5 Å². The average Bonchev–Trinajstić information content (AvgIpc) is 3.34. The van der Waals surface area contributed by atoms with E-state index in [2.05, 4.69) is 93.3 Å². The maximum atomic E-state index is 14.7. The second-order valence-corrected chi connectivity index (χ2v) is 18.1. The van der Waals surface area contributed by atoms with Crippen molar-refractivity contribution in [1.29, 1.82) is 0 Å². The maximum Gasteiger partial charge on any atom is 0.338 e. The van der Waals surface area contributed by atoms with Crippen molar-refractivity contribution in [2.24, 2.45) is 0 Å². The van der Waals surface area contributed by atoms with Crippen LogP contribution in [0.5, 0.6) is 5.75 Å². The lowest BCUT2D eigenvalue weighted by atomic mass is 9.84. The zero-order valence-electron chi connectivity index (χ0n) is 36.8. The van der Waals surface area contributed by atoms with Crippen molar-refractivity contribution < 1.29 is 28.8 Å². The highest BCUT2D eigenvalue weighted by molar-refractivity contribution is 7.80. The van der Waals surface area contributed by atoms with Gasteiger partial charge >= 0.3 is 5.97 Å². The van der Waals surface area contributed by atoms with Crippen LogP contribution in [0.3, 0.4) is 0 Å². The Labute approximate surface area is 372 Å². The average molecular weight is 860 g/mol. The number of anilines is 1. The van der Waals surface area contributed by atoms with Crippen LogP contribution < -0.4 is 30.5 Å². The molecule has 10 heteroatoms. The lowest BCUT2D eigenvalue weighted by Crippen LogP contribution is -3.14. The molecule has 63 heavy (non-hydrogen) atoms. The fourth-order valence-electron chi connectivity index (χ4n) is 9.07. The van der Waals surface area contributed by atoms with E-state index in [0.29, 0.717) is 42.9 Å². The Morgan fingerprint density at radius 1 is 0.714 bits per heavy atom. The van der Waals surface area contributed by atoms with E-state index in [9.17, 15) is 14.4 Å². The van der Waals surface area contributed by atoms with Gasteiger partial charge in [0.15, 0.2) is 0 Å². The number of benzene rings is 5. The molecule has 1 unspecified atom stereocenters. The van der Waals surface area contributed by atoms with Gasteiger partial charge in [-0.05, 0) is 100 Å². The largest absolute Gasteiger partial charge is 0.465 e. The van der Waals surface area contributed by atoms with Crippen molar-refractivity contribution in [3.63, 3.8) is 0 Å². The summed E-state index contributed by atoms with van der Waals surface area (Å²) in [6, 6.07) is 40.0. The number of hydrogen-bond donors (Lipinski definition) is 1. The zero-order chi connectivity index (χ0) is 44.0. The number of piperazine rings is 1. The molecule has 2 aliphatic heterocycles. The molecule has 0 saturated carbocycles. The number of fused-ring (bicyclic) bond motifs is 2. The first kappa shape index (κ1) is 43.4. The third-order valence-electron chi connectivity index (χ3n) is 12.5. The first-order chi connectivity index (χ1) is 30.8. The number of nitrogens with one attached hydrogen (secondary N) is 1. The van der Waals surface area contributed by atoms with Gasteiger partial charge in [0.05, 0.1) is 25.8 Å². The highest BCUT2D eigenvalue weighted by atomic mass is 31.1. The third kappa shape index (κ3) is 8.73. The summed E-state index contributed by atoms with van der Waals surface area (Å²) in [6.45, 7) is 14.0. The molecule has 1 aliphatic carbocycles. The van der Waals surface area contributed by atoms with Gasteiger partial charge in [0.2, 0.25) is 0 Å². The summed E-state index contributed by atoms with van der Waals surface area (Å²) >= 11 is 0. The molecule has 8 rings (SSSR count). The van der Waals surface area contributed by atoms with E-state index in [0.717, 1.165) is 81.6 Å². The smallest absolute Gasteiger partial charge is 0.338 e. The number of carbonyl (C=O) groups excluding carboxylic acids is 3. The Morgan fingerprint density at radius 3 is 1.95 bits per heavy atom. The Kier molecular flexibility index (Phi) is 13.4. The quantitative estimate of drug-likeness (QED) is 0.106. The predicted molar refractivity (Wildman–Crippen MR) is 254 cm³/mol. The second kappa shape index (κ2) is 19.4. The number of quaternary nitrogens is 1. The molecule has 0 bridgehead atoms. The Morgan fingerprint density at radius 2 is 1.33 bits per heavy atom. The molecule has 1 saturated heterocycles. The van der Waals surface area contributed by atoms with Crippen molar-refractivity contribution in [3.8, 4) is 5.75 Å². The van der Waals surface area contributed by atoms with Gasteiger partial charge in [0.25, 0.3) is 11.8 Å². The monoisotopic (exact) mass is 859 g/mol. The van der Waals surface area contributed by atoms with Gasteiger partial charge in [0, 0.05) is 90.2 Å². The number of nitrogens with zero attached hydrogens (tertiary/aromatic N) is 3. The minimum absolute atomic E-state index is 0.0736. The second-order valence-electron chi connectivity index (χ2n) is 15.9. The number of carbonyl (C=O) groups is 3. The first-order valence-corrected chi connectivity index (χ1v) is 23.5. The van der Waals surface area contributed by atoms with Gasteiger partial charge in [0.1, 0.15) is 17.6 Å². The molecule has 1 atom stereocenters. The van der Waals surface area contributed by atoms with Crippen LogP contribution in [0, 0.1) is 0 Å². The topological polar surface area (TPSA) is 83.8 Å². The normalized spacial score (nSPS) is 15.7. The van der Waals surface area contributed by atoms with E-state index >= 15 is 0 Å². The van der Waals surface area contributed by atoms with Gasteiger partial charge in [-0.1, -0.05) is 78.9 Å². The molecular formula is C53H56N4O5P+. The van der Waals surface area contributed by atoms with Gasteiger partial charge in [-0.2, -0.15) is 0 Å². The summed E-state index contributed by atoms with van der Waals surface area (Å²) < 4.78 is 12.0.